The first-order valence-corrected chi connectivity index (χ1v) is 5.06. The fourth-order valence-corrected chi connectivity index (χ4v) is 1.34. The lowest BCUT2D eigenvalue weighted by Gasteiger charge is -2.23. The SMILES string of the molecule is CC(=O)C(C(C)=O)N(N)C(=O)CCCC(=O)O. The molecule has 7 nitrogen and oxygen atoms in total. The van der Waals surface area contributed by atoms with E-state index in [1.807, 2.05) is 0 Å². The maximum absolute atomic E-state index is 11.5. The van der Waals surface area contributed by atoms with E-state index in [-0.39, 0.29) is 19.3 Å². The van der Waals surface area contributed by atoms with E-state index in [1.165, 1.54) is 0 Å². The maximum atomic E-state index is 11.5. The third-order valence-electron chi connectivity index (χ3n) is 2.12. The first kappa shape index (κ1) is 15.2. The van der Waals surface area contributed by atoms with Crippen molar-refractivity contribution in [1.29, 1.82) is 0 Å². The Labute approximate surface area is 98.5 Å². The zero-order valence-electron chi connectivity index (χ0n) is 9.80. The quantitative estimate of drug-likeness (QED) is 0.269. The van der Waals surface area contributed by atoms with E-state index in [9.17, 15) is 19.2 Å². The zero-order chi connectivity index (χ0) is 13.6. The van der Waals surface area contributed by atoms with Crippen molar-refractivity contribution in [2.45, 2.75) is 39.2 Å². The molecular weight excluding hydrogens is 228 g/mol. The van der Waals surface area contributed by atoms with Gasteiger partial charge in [-0.05, 0) is 20.3 Å². The second-order valence-electron chi connectivity index (χ2n) is 3.67. The lowest BCUT2D eigenvalue weighted by molar-refractivity contribution is -0.145. The van der Waals surface area contributed by atoms with Crippen molar-refractivity contribution < 1.29 is 24.3 Å². The molecule has 0 aliphatic rings. The number of rotatable bonds is 7. The number of hydrogen-bond donors (Lipinski definition) is 2. The predicted octanol–water partition coefficient (Wildman–Crippen LogP) is -0.510. The highest BCUT2D eigenvalue weighted by molar-refractivity contribution is 6.06. The van der Waals surface area contributed by atoms with Gasteiger partial charge in [-0.25, -0.2) is 5.84 Å². The molecule has 0 spiro atoms. The van der Waals surface area contributed by atoms with E-state index in [1.54, 1.807) is 0 Å². The minimum atomic E-state index is -1.28. The summed E-state index contributed by atoms with van der Waals surface area (Å²) in [5.41, 5.74) is 0. The van der Waals surface area contributed by atoms with Crippen molar-refractivity contribution in [3.63, 3.8) is 0 Å². The van der Waals surface area contributed by atoms with Crippen LogP contribution in [0.15, 0.2) is 0 Å². The van der Waals surface area contributed by atoms with E-state index < -0.39 is 29.5 Å². The third-order valence-corrected chi connectivity index (χ3v) is 2.12. The summed E-state index contributed by atoms with van der Waals surface area (Å²) in [6, 6.07) is -1.28. The van der Waals surface area contributed by atoms with Crippen molar-refractivity contribution in [2.75, 3.05) is 0 Å². The summed E-state index contributed by atoms with van der Waals surface area (Å²) in [6.07, 6.45) is -0.158. The summed E-state index contributed by atoms with van der Waals surface area (Å²) in [7, 11) is 0. The number of hydrogen-bond acceptors (Lipinski definition) is 5. The molecule has 0 bridgehead atoms. The molecule has 0 heterocycles. The van der Waals surface area contributed by atoms with Gasteiger partial charge in [0.15, 0.2) is 17.6 Å². The van der Waals surface area contributed by atoms with Gasteiger partial charge in [-0.1, -0.05) is 0 Å². The van der Waals surface area contributed by atoms with E-state index >= 15 is 0 Å². The van der Waals surface area contributed by atoms with Crippen molar-refractivity contribution in [2.24, 2.45) is 5.84 Å². The van der Waals surface area contributed by atoms with Crippen LogP contribution in [0, 0.1) is 0 Å². The van der Waals surface area contributed by atoms with Gasteiger partial charge in [0.1, 0.15) is 0 Å². The summed E-state index contributed by atoms with van der Waals surface area (Å²) in [6.45, 7) is 2.33. The Kier molecular flexibility index (Phi) is 6.05. The summed E-state index contributed by atoms with van der Waals surface area (Å²) in [5, 5.41) is 8.96. The van der Waals surface area contributed by atoms with Crippen LogP contribution in [0.2, 0.25) is 0 Å². The van der Waals surface area contributed by atoms with Gasteiger partial charge in [0.2, 0.25) is 5.91 Å². The second-order valence-corrected chi connectivity index (χ2v) is 3.67. The molecule has 1 amide bonds. The number of carboxylic acids is 1. The van der Waals surface area contributed by atoms with Gasteiger partial charge in [-0.3, -0.25) is 24.2 Å². The third kappa shape index (κ3) is 5.21. The second kappa shape index (κ2) is 6.74. The fraction of sp³-hybridized carbons (Fsp3) is 0.600. The number of hydrazine groups is 1. The first-order chi connectivity index (χ1) is 7.77. The zero-order valence-corrected chi connectivity index (χ0v) is 9.80. The molecule has 0 rings (SSSR count). The molecule has 17 heavy (non-hydrogen) atoms. The van der Waals surface area contributed by atoms with Gasteiger partial charge in [0, 0.05) is 12.8 Å². The van der Waals surface area contributed by atoms with Crippen LogP contribution < -0.4 is 5.84 Å². The average molecular weight is 244 g/mol. The van der Waals surface area contributed by atoms with Gasteiger partial charge >= 0.3 is 5.97 Å². The van der Waals surface area contributed by atoms with Crippen LogP contribution in [-0.4, -0.2) is 39.6 Å². The van der Waals surface area contributed by atoms with Crippen LogP contribution in [0.1, 0.15) is 33.1 Å². The number of nitrogens with zero attached hydrogens (tertiary/aromatic N) is 1. The van der Waals surface area contributed by atoms with E-state index in [0.717, 1.165) is 13.8 Å². The Morgan fingerprint density at radius 1 is 1.12 bits per heavy atom. The van der Waals surface area contributed by atoms with E-state index in [4.69, 9.17) is 10.9 Å². The number of amides is 1. The van der Waals surface area contributed by atoms with Crippen molar-refractivity contribution in [1.82, 2.24) is 5.01 Å². The molecule has 0 aromatic carbocycles. The molecule has 0 aromatic rings. The normalized spacial score (nSPS) is 10.1. The molecule has 3 N–H and O–H groups in total. The molecule has 0 radical (unpaired) electrons. The molecule has 0 aromatic heterocycles. The van der Waals surface area contributed by atoms with Gasteiger partial charge in [-0.2, -0.15) is 0 Å². The van der Waals surface area contributed by atoms with Crippen molar-refractivity contribution in [3.8, 4) is 0 Å². The Morgan fingerprint density at radius 3 is 1.94 bits per heavy atom. The highest BCUT2D eigenvalue weighted by Crippen LogP contribution is 2.04. The standard InChI is InChI=1S/C10H16N2O5/c1-6(13)10(7(2)14)12(11)8(15)4-3-5-9(16)17/h10H,3-5,11H2,1-2H3,(H,16,17). The van der Waals surface area contributed by atoms with Gasteiger partial charge < -0.3 is 5.11 Å². The van der Waals surface area contributed by atoms with Crippen LogP contribution in [0.4, 0.5) is 0 Å². The molecule has 0 atom stereocenters. The largest absolute Gasteiger partial charge is 0.481 e. The van der Waals surface area contributed by atoms with Gasteiger partial charge in [0.05, 0.1) is 0 Å². The molecular formula is C10H16N2O5. The van der Waals surface area contributed by atoms with E-state index in [2.05, 4.69) is 0 Å². The van der Waals surface area contributed by atoms with Crippen LogP contribution >= 0.6 is 0 Å². The van der Waals surface area contributed by atoms with Crippen LogP contribution in [0.3, 0.4) is 0 Å². The highest BCUT2D eigenvalue weighted by atomic mass is 16.4. The Hall–Kier alpha value is -1.76. The molecule has 0 aliphatic carbocycles. The summed E-state index contributed by atoms with van der Waals surface area (Å²) in [5.74, 6) is 2.69. The van der Waals surface area contributed by atoms with Crippen molar-refractivity contribution >= 4 is 23.4 Å². The maximum Gasteiger partial charge on any atom is 0.303 e. The summed E-state index contributed by atoms with van der Waals surface area (Å²) < 4.78 is 0. The summed E-state index contributed by atoms with van der Waals surface area (Å²) >= 11 is 0. The van der Waals surface area contributed by atoms with Crippen LogP contribution in [0.5, 0.6) is 0 Å². The molecule has 7 heteroatoms. The topological polar surface area (TPSA) is 118 Å². The summed E-state index contributed by atoms with van der Waals surface area (Å²) in [4.78, 5) is 44.0. The highest BCUT2D eigenvalue weighted by Gasteiger charge is 2.28. The average Bonchev–Trinajstić information content (AvgIpc) is 2.15. The van der Waals surface area contributed by atoms with Crippen LogP contribution in [-0.2, 0) is 19.2 Å². The van der Waals surface area contributed by atoms with Gasteiger partial charge in [-0.15, -0.1) is 0 Å². The lowest BCUT2D eigenvalue weighted by atomic mass is 10.1. The van der Waals surface area contributed by atoms with Crippen LogP contribution in [0.25, 0.3) is 0 Å². The monoisotopic (exact) mass is 244 g/mol. The first-order valence-electron chi connectivity index (χ1n) is 5.06. The Balaban J connectivity index is 4.41. The minimum Gasteiger partial charge on any atom is -0.481 e. The number of aliphatic carboxylic acids is 1. The van der Waals surface area contributed by atoms with Crippen molar-refractivity contribution in [3.05, 3.63) is 0 Å². The molecule has 96 valence electrons. The van der Waals surface area contributed by atoms with E-state index in [0.29, 0.717) is 5.01 Å². The molecule has 0 saturated carbocycles. The number of Topliss-reactive ketones (excluding diaryl/α,β-unsaturated/α-hetero) is 2. The number of carbonyl (C=O) groups excluding carboxylic acids is 3. The number of ketones is 2. The molecule has 0 saturated heterocycles. The molecule has 0 fully saturated rings. The Bertz CT molecular complexity index is 326. The van der Waals surface area contributed by atoms with Gasteiger partial charge in [0.25, 0.3) is 0 Å². The Morgan fingerprint density at radius 2 is 1.59 bits per heavy atom. The fourth-order valence-electron chi connectivity index (χ4n) is 1.34. The molecule has 0 unspecified atom stereocenters. The number of nitrogens with two attached hydrogens (primary N) is 1. The number of carbonyl (C=O) groups is 4. The molecule has 0 aliphatic heterocycles. The minimum absolute atomic E-state index is 0.111. The predicted molar refractivity (Wildman–Crippen MR) is 57.7 cm³/mol. The number of carboxylic acid groups (broad SMARTS) is 1. The lowest BCUT2D eigenvalue weighted by Crippen LogP contribution is -2.52. The smallest absolute Gasteiger partial charge is 0.303 e.